The number of fused-ring (bicyclic) bond motifs is 1. The molecule has 5 rings (SSSR count). The van der Waals surface area contributed by atoms with Crippen molar-refractivity contribution < 1.29 is 0 Å². The van der Waals surface area contributed by atoms with Crippen molar-refractivity contribution in [3.63, 3.8) is 0 Å². The molecule has 114 valence electrons. The van der Waals surface area contributed by atoms with Crippen molar-refractivity contribution in [3.8, 4) is 17.3 Å². The second kappa shape index (κ2) is 4.42. The van der Waals surface area contributed by atoms with Crippen molar-refractivity contribution in [1.29, 1.82) is 5.26 Å². The van der Waals surface area contributed by atoms with Crippen LogP contribution in [-0.2, 0) is 0 Å². The lowest BCUT2D eigenvalue weighted by atomic mass is 10.0. The molecule has 0 saturated heterocycles. The molecule has 1 N–H and O–H groups in total. The molecule has 2 fully saturated rings. The number of nitriles is 1. The standard InChI is InChI=1S/C17H16N6/c18-7-13-15(17(13)4-1-2-5-17)23-9-11(8-22-23)14-12-3-6-19-16(12)21-10-20-14/h3,6,8-10,13,15H,1-2,4-5H2,(H,19,20,21). The monoisotopic (exact) mass is 304 g/mol. The van der Waals surface area contributed by atoms with Gasteiger partial charge in [0.25, 0.3) is 0 Å². The third-order valence-electron chi connectivity index (χ3n) is 5.60. The molecule has 1 spiro atoms. The quantitative estimate of drug-likeness (QED) is 0.788. The predicted molar refractivity (Wildman–Crippen MR) is 84.2 cm³/mol. The van der Waals surface area contributed by atoms with Gasteiger partial charge in [0.1, 0.15) is 12.0 Å². The summed E-state index contributed by atoms with van der Waals surface area (Å²) in [5, 5.41) is 15.0. The van der Waals surface area contributed by atoms with Gasteiger partial charge in [0, 0.05) is 28.8 Å². The Morgan fingerprint density at radius 2 is 2.17 bits per heavy atom. The van der Waals surface area contributed by atoms with Crippen molar-refractivity contribution >= 4 is 11.0 Å². The number of aromatic amines is 1. The summed E-state index contributed by atoms with van der Waals surface area (Å²) < 4.78 is 2.00. The first kappa shape index (κ1) is 12.8. The first-order chi connectivity index (χ1) is 11.3. The normalized spacial score (nSPS) is 25.0. The van der Waals surface area contributed by atoms with Crippen LogP contribution >= 0.6 is 0 Å². The van der Waals surface area contributed by atoms with Crippen LogP contribution in [0.25, 0.3) is 22.3 Å². The highest BCUT2D eigenvalue weighted by Gasteiger charge is 2.67. The van der Waals surface area contributed by atoms with Gasteiger partial charge >= 0.3 is 0 Å². The summed E-state index contributed by atoms with van der Waals surface area (Å²) in [7, 11) is 0. The van der Waals surface area contributed by atoms with Crippen molar-refractivity contribution in [2.24, 2.45) is 11.3 Å². The molecule has 0 aromatic carbocycles. The molecule has 2 atom stereocenters. The third-order valence-corrected chi connectivity index (χ3v) is 5.60. The maximum Gasteiger partial charge on any atom is 0.141 e. The van der Waals surface area contributed by atoms with Crippen LogP contribution < -0.4 is 0 Å². The summed E-state index contributed by atoms with van der Waals surface area (Å²) in [5.41, 5.74) is 2.87. The van der Waals surface area contributed by atoms with Gasteiger partial charge in [-0.1, -0.05) is 12.8 Å². The highest BCUT2D eigenvalue weighted by Crippen LogP contribution is 2.69. The maximum absolute atomic E-state index is 9.48. The summed E-state index contributed by atoms with van der Waals surface area (Å²) in [5.74, 6) is 0.107. The van der Waals surface area contributed by atoms with E-state index in [1.165, 1.54) is 12.8 Å². The summed E-state index contributed by atoms with van der Waals surface area (Å²) in [6, 6.07) is 4.71. The molecule has 0 radical (unpaired) electrons. The van der Waals surface area contributed by atoms with E-state index >= 15 is 0 Å². The van der Waals surface area contributed by atoms with Crippen LogP contribution in [0.5, 0.6) is 0 Å². The first-order valence-electron chi connectivity index (χ1n) is 8.06. The molecule has 0 amide bonds. The SMILES string of the molecule is N#CC1C(n2cc(-c3ncnc4[nH]ccc34)cn2)C12CCCC2. The second-order valence-corrected chi connectivity index (χ2v) is 6.66. The van der Waals surface area contributed by atoms with Crippen LogP contribution in [-0.4, -0.2) is 24.7 Å². The van der Waals surface area contributed by atoms with Crippen LogP contribution in [0.2, 0.25) is 0 Å². The molecule has 6 heteroatoms. The van der Waals surface area contributed by atoms with Crippen molar-refractivity contribution in [2.75, 3.05) is 0 Å². The molecule has 3 aromatic rings. The molecule has 2 saturated carbocycles. The minimum atomic E-state index is 0.107. The average Bonchev–Trinajstić information content (AvgIpc) is 3.10. The van der Waals surface area contributed by atoms with Gasteiger partial charge in [-0.05, 0) is 18.9 Å². The highest BCUT2D eigenvalue weighted by atomic mass is 15.3. The average molecular weight is 304 g/mol. The van der Waals surface area contributed by atoms with E-state index in [0.717, 1.165) is 35.1 Å². The van der Waals surface area contributed by atoms with Gasteiger partial charge in [0.05, 0.1) is 29.9 Å². The van der Waals surface area contributed by atoms with Gasteiger partial charge in [-0.2, -0.15) is 10.4 Å². The zero-order valence-electron chi connectivity index (χ0n) is 12.6. The van der Waals surface area contributed by atoms with E-state index in [1.807, 2.05) is 29.3 Å². The van der Waals surface area contributed by atoms with Gasteiger partial charge in [-0.25, -0.2) is 9.97 Å². The smallest absolute Gasteiger partial charge is 0.141 e. The van der Waals surface area contributed by atoms with Crippen LogP contribution in [0.4, 0.5) is 0 Å². The lowest BCUT2D eigenvalue weighted by Gasteiger charge is -2.06. The Morgan fingerprint density at radius 1 is 1.30 bits per heavy atom. The number of hydrogen-bond acceptors (Lipinski definition) is 4. The van der Waals surface area contributed by atoms with E-state index in [1.54, 1.807) is 6.33 Å². The number of nitrogens with zero attached hydrogens (tertiary/aromatic N) is 5. The molecule has 3 heterocycles. The lowest BCUT2D eigenvalue weighted by Crippen LogP contribution is -2.03. The second-order valence-electron chi connectivity index (χ2n) is 6.66. The van der Waals surface area contributed by atoms with Gasteiger partial charge in [0.15, 0.2) is 0 Å². The number of nitrogens with one attached hydrogen (secondary N) is 1. The summed E-state index contributed by atoms with van der Waals surface area (Å²) in [6.45, 7) is 0. The number of aromatic nitrogens is 5. The van der Waals surface area contributed by atoms with Crippen LogP contribution in [0.15, 0.2) is 31.0 Å². The predicted octanol–water partition coefficient (Wildman–Crippen LogP) is 3.08. The van der Waals surface area contributed by atoms with E-state index in [9.17, 15) is 5.26 Å². The van der Waals surface area contributed by atoms with Crippen LogP contribution in [0.3, 0.4) is 0 Å². The third kappa shape index (κ3) is 1.65. The molecule has 0 aliphatic heterocycles. The van der Waals surface area contributed by atoms with E-state index in [-0.39, 0.29) is 17.4 Å². The van der Waals surface area contributed by atoms with Gasteiger partial charge in [-0.15, -0.1) is 0 Å². The van der Waals surface area contributed by atoms with Gasteiger partial charge < -0.3 is 4.98 Å². The maximum atomic E-state index is 9.48. The zero-order valence-corrected chi connectivity index (χ0v) is 12.6. The molecule has 3 aromatic heterocycles. The topological polar surface area (TPSA) is 83.2 Å². The minimum Gasteiger partial charge on any atom is -0.346 e. The Bertz CT molecular complexity index is 924. The fraction of sp³-hybridized carbons (Fsp3) is 0.412. The first-order valence-corrected chi connectivity index (χ1v) is 8.06. The fourth-order valence-electron chi connectivity index (χ4n) is 4.44. The molecule has 0 bridgehead atoms. The van der Waals surface area contributed by atoms with Crippen molar-refractivity contribution in [2.45, 2.75) is 31.7 Å². The van der Waals surface area contributed by atoms with E-state index in [0.29, 0.717) is 0 Å². The van der Waals surface area contributed by atoms with Crippen molar-refractivity contribution in [3.05, 3.63) is 31.0 Å². The van der Waals surface area contributed by atoms with E-state index in [2.05, 4.69) is 26.1 Å². The van der Waals surface area contributed by atoms with E-state index < -0.39 is 0 Å². The Hall–Kier alpha value is -2.68. The molecular weight excluding hydrogens is 288 g/mol. The molecular formula is C17H16N6. The summed E-state index contributed by atoms with van der Waals surface area (Å²) >= 11 is 0. The fourth-order valence-corrected chi connectivity index (χ4v) is 4.44. The molecule has 2 aliphatic carbocycles. The Morgan fingerprint density at radius 3 is 3.00 bits per heavy atom. The largest absolute Gasteiger partial charge is 0.346 e. The zero-order chi connectivity index (χ0) is 15.4. The number of H-pyrrole nitrogens is 1. The van der Waals surface area contributed by atoms with Gasteiger partial charge in [-0.3, -0.25) is 4.68 Å². The Kier molecular flexibility index (Phi) is 2.46. The lowest BCUT2D eigenvalue weighted by molar-refractivity contribution is 0.436. The Labute approximate surface area is 133 Å². The van der Waals surface area contributed by atoms with Crippen LogP contribution in [0.1, 0.15) is 31.7 Å². The Balaban J connectivity index is 1.55. The van der Waals surface area contributed by atoms with E-state index in [4.69, 9.17) is 0 Å². The van der Waals surface area contributed by atoms with Crippen LogP contribution in [0, 0.1) is 22.7 Å². The highest BCUT2D eigenvalue weighted by molar-refractivity contribution is 5.89. The molecule has 6 nitrogen and oxygen atoms in total. The number of rotatable bonds is 2. The minimum absolute atomic E-state index is 0.107. The molecule has 23 heavy (non-hydrogen) atoms. The van der Waals surface area contributed by atoms with Crippen molar-refractivity contribution in [1.82, 2.24) is 24.7 Å². The summed E-state index contributed by atoms with van der Waals surface area (Å²) in [6.07, 6.45) is 12.1. The molecule has 2 unspecified atom stereocenters. The number of hydrogen-bond donors (Lipinski definition) is 1. The van der Waals surface area contributed by atoms with Gasteiger partial charge in [0.2, 0.25) is 0 Å². The summed E-state index contributed by atoms with van der Waals surface area (Å²) in [4.78, 5) is 11.8. The molecule has 2 aliphatic rings.